The highest BCUT2D eigenvalue weighted by Gasteiger charge is 2.30. The van der Waals surface area contributed by atoms with Gasteiger partial charge in [-0.25, -0.2) is 9.59 Å². The first-order chi connectivity index (χ1) is 15.5. The van der Waals surface area contributed by atoms with Crippen LogP contribution in [0.5, 0.6) is 0 Å². The number of aliphatic carboxylic acids is 2. The van der Waals surface area contributed by atoms with Gasteiger partial charge in [0.15, 0.2) is 0 Å². The van der Waals surface area contributed by atoms with Gasteiger partial charge in [0, 0.05) is 18.6 Å². The zero-order chi connectivity index (χ0) is 24.9. The molecule has 0 aromatic heterocycles. The van der Waals surface area contributed by atoms with Crippen LogP contribution in [-0.2, 0) is 31.1 Å². The van der Waals surface area contributed by atoms with Gasteiger partial charge in [-0.15, -0.1) is 0 Å². The van der Waals surface area contributed by atoms with Gasteiger partial charge in [-0.3, -0.25) is 9.59 Å². The molecule has 0 bridgehead atoms. The average Bonchev–Trinajstić information content (AvgIpc) is 2.77. The van der Waals surface area contributed by atoms with E-state index in [2.05, 4.69) is 5.32 Å². The van der Waals surface area contributed by atoms with Gasteiger partial charge in [0.25, 0.3) is 0 Å². The van der Waals surface area contributed by atoms with Gasteiger partial charge in [0.1, 0.15) is 0 Å². The average molecular weight is 456 g/mol. The molecule has 0 fully saturated rings. The second-order valence-electron chi connectivity index (χ2n) is 7.47. The molecule has 1 unspecified atom stereocenters. The zero-order valence-corrected chi connectivity index (χ0v) is 18.3. The van der Waals surface area contributed by atoms with Crippen molar-refractivity contribution < 1.29 is 29.4 Å². The summed E-state index contributed by atoms with van der Waals surface area (Å²) in [6, 6.07) is 19.0. The Morgan fingerprint density at radius 1 is 0.939 bits per heavy atom. The van der Waals surface area contributed by atoms with Crippen LogP contribution in [0.3, 0.4) is 0 Å². The normalized spacial score (nSPS) is 13.2. The Hall–Kier alpha value is -3.98. The number of rotatable bonds is 10. The summed E-state index contributed by atoms with van der Waals surface area (Å²) in [5.41, 5.74) is 12.6. The molecular formula is C24H29N3O6. The van der Waals surface area contributed by atoms with E-state index in [-0.39, 0.29) is 18.7 Å². The molecule has 0 heterocycles. The molecule has 176 valence electrons. The van der Waals surface area contributed by atoms with Crippen molar-refractivity contribution in [1.29, 1.82) is 0 Å². The van der Waals surface area contributed by atoms with Crippen molar-refractivity contribution in [2.75, 3.05) is 0 Å². The number of carboxylic acid groups (broad SMARTS) is 2. The maximum Gasteiger partial charge on any atom is 0.328 e. The molecule has 0 aliphatic rings. The topological polar surface area (TPSA) is 173 Å². The van der Waals surface area contributed by atoms with E-state index >= 15 is 0 Å². The standard InChI is InChI=1S/C20H25N3O2.C4H4O4/c1-20(16-10-6-3-7-11-16,14-15-8-4-2-5-9-15)23-19(25)17(21)12-13-18(22)24;5-3(6)1-2-4(7)8/h2-11,17H,12-14,21H2,1H3,(H2,22,24)(H,23,25);1-2H,(H,5,6)(H,7,8)/b;2-1-/t17-,20?;/m0./s1. The molecule has 2 aromatic rings. The van der Waals surface area contributed by atoms with Crippen molar-refractivity contribution in [3.8, 4) is 0 Å². The minimum Gasteiger partial charge on any atom is -0.478 e. The Labute approximate surface area is 192 Å². The lowest BCUT2D eigenvalue weighted by atomic mass is 9.85. The van der Waals surface area contributed by atoms with Crippen LogP contribution in [0.2, 0.25) is 0 Å². The van der Waals surface area contributed by atoms with E-state index in [9.17, 15) is 19.2 Å². The largest absolute Gasteiger partial charge is 0.478 e. The third-order valence-electron chi connectivity index (χ3n) is 4.62. The Morgan fingerprint density at radius 3 is 1.88 bits per heavy atom. The minimum absolute atomic E-state index is 0.0926. The van der Waals surface area contributed by atoms with Crippen molar-refractivity contribution in [1.82, 2.24) is 5.32 Å². The van der Waals surface area contributed by atoms with Crippen LogP contribution in [0.25, 0.3) is 0 Å². The van der Waals surface area contributed by atoms with Gasteiger partial charge in [0.05, 0.1) is 11.6 Å². The molecule has 0 saturated carbocycles. The van der Waals surface area contributed by atoms with E-state index in [0.717, 1.165) is 11.1 Å². The molecule has 0 aliphatic heterocycles. The molecule has 0 spiro atoms. The smallest absolute Gasteiger partial charge is 0.328 e. The number of primary amides is 1. The first-order valence-electron chi connectivity index (χ1n) is 10.1. The van der Waals surface area contributed by atoms with Crippen molar-refractivity contribution in [2.24, 2.45) is 11.5 Å². The Balaban J connectivity index is 0.000000582. The van der Waals surface area contributed by atoms with Gasteiger partial charge < -0.3 is 27.0 Å². The summed E-state index contributed by atoms with van der Waals surface area (Å²) in [6.45, 7) is 1.98. The van der Waals surface area contributed by atoms with E-state index in [4.69, 9.17) is 21.7 Å². The van der Waals surface area contributed by atoms with E-state index in [1.54, 1.807) is 0 Å². The third kappa shape index (κ3) is 10.7. The molecule has 0 aliphatic carbocycles. The van der Waals surface area contributed by atoms with Crippen LogP contribution < -0.4 is 16.8 Å². The van der Waals surface area contributed by atoms with Gasteiger partial charge in [-0.05, 0) is 30.9 Å². The predicted molar refractivity (Wildman–Crippen MR) is 123 cm³/mol. The quantitative estimate of drug-likeness (QED) is 0.338. The van der Waals surface area contributed by atoms with Gasteiger partial charge >= 0.3 is 11.9 Å². The lowest BCUT2D eigenvalue weighted by molar-refractivity contribution is -0.134. The Morgan fingerprint density at radius 2 is 1.42 bits per heavy atom. The lowest BCUT2D eigenvalue weighted by Gasteiger charge is -2.33. The second kappa shape index (κ2) is 13.4. The molecule has 0 saturated heterocycles. The molecule has 9 nitrogen and oxygen atoms in total. The maximum absolute atomic E-state index is 12.5. The van der Waals surface area contributed by atoms with Crippen molar-refractivity contribution >= 4 is 23.8 Å². The number of benzene rings is 2. The van der Waals surface area contributed by atoms with Crippen LogP contribution in [0.4, 0.5) is 0 Å². The molecule has 2 amide bonds. The van der Waals surface area contributed by atoms with E-state index < -0.39 is 29.4 Å². The summed E-state index contributed by atoms with van der Waals surface area (Å²) in [5.74, 6) is -3.26. The SMILES string of the molecule is CC(Cc1ccccc1)(NC(=O)[C@@H](N)CCC(N)=O)c1ccccc1.O=C(O)/C=C\C(=O)O. The Kier molecular flexibility index (Phi) is 11.0. The highest BCUT2D eigenvalue weighted by molar-refractivity contribution is 5.89. The number of nitrogens with two attached hydrogens (primary N) is 2. The number of carbonyl (C=O) groups is 4. The van der Waals surface area contributed by atoms with Crippen molar-refractivity contribution in [3.05, 3.63) is 83.9 Å². The second-order valence-corrected chi connectivity index (χ2v) is 7.47. The number of nitrogens with one attached hydrogen (secondary N) is 1. The number of carbonyl (C=O) groups excluding carboxylic acids is 2. The number of amides is 2. The molecular weight excluding hydrogens is 426 g/mol. The first-order valence-corrected chi connectivity index (χ1v) is 10.1. The fourth-order valence-electron chi connectivity index (χ4n) is 2.96. The lowest BCUT2D eigenvalue weighted by Crippen LogP contribution is -2.51. The highest BCUT2D eigenvalue weighted by atomic mass is 16.4. The molecule has 0 radical (unpaired) electrons. The fourth-order valence-corrected chi connectivity index (χ4v) is 2.96. The van der Waals surface area contributed by atoms with Crippen LogP contribution in [0, 0.1) is 0 Å². The van der Waals surface area contributed by atoms with Gasteiger partial charge in [-0.1, -0.05) is 60.7 Å². The van der Waals surface area contributed by atoms with E-state index in [1.165, 1.54) is 0 Å². The summed E-state index contributed by atoms with van der Waals surface area (Å²) < 4.78 is 0. The van der Waals surface area contributed by atoms with Gasteiger partial charge in [0.2, 0.25) is 11.8 Å². The third-order valence-corrected chi connectivity index (χ3v) is 4.62. The summed E-state index contributed by atoms with van der Waals surface area (Å²) in [4.78, 5) is 42.6. The monoisotopic (exact) mass is 455 g/mol. The van der Waals surface area contributed by atoms with Crippen molar-refractivity contribution in [2.45, 2.75) is 37.8 Å². The maximum atomic E-state index is 12.5. The molecule has 7 N–H and O–H groups in total. The molecule has 2 aromatic carbocycles. The van der Waals surface area contributed by atoms with Crippen LogP contribution in [-0.4, -0.2) is 40.0 Å². The molecule has 33 heavy (non-hydrogen) atoms. The molecule has 2 rings (SSSR count). The first kappa shape index (κ1) is 27.1. The van der Waals surface area contributed by atoms with Crippen LogP contribution >= 0.6 is 0 Å². The summed E-state index contributed by atoms with van der Waals surface area (Å²) >= 11 is 0. The van der Waals surface area contributed by atoms with Crippen LogP contribution in [0.15, 0.2) is 72.8 Å². The summed E-state index contributed by atoms with van der Waals surface area (Å²) in [7, 11) is 0. The van der Waals surface area contributed by atoms with Gasteiger partial charge in [-0.2, -0.15) is 0 Å². The Bertz CT molecular complexity index is 947. The fraction of sp³-hybridized carbons (Fsp3) is 0.250. The summed E-state index contributed by atoms with van der Waals surface area (Å²) in [6.07, 6.45) is 2.07. The number of carboxylic acids is 2. The molecule has 2 atom stereocenters. The summed E-state index contributed by atoms with van der Waals surface area (Å²) in [5, 5.41) is 18.7. The highest BCUT2D eigenvalue weighted by Crippen LogP contribution is 2.25. The number of hydrogen-bond donors (Lipinski definition) is 5. The number of hydrogen-bond acceptors (Lipinski definition) is 5. The molecule has 9 heteroatoms. The minimum atomic E-state index is -1.26. The van der Waals surface area contributed by atoms with Crippen molar-refractivity contribution in [3.63, 3.8) is 0 Å². The zero-order valence-electron chi connectivity index (χ0n) is 18.3. The van der Waals surface area contributed by atoms with Crippen LogP contribution in [0.1, 0.15) is 30.9 Å². The van der Waals surface area contributed by atoms with E-state index in [1.807, 2.05) is 67.6 Å². The predicted octanol–water partition coefficient (Wildman–Crippen LogP) is 1.57. The van der Waals surface area contributed by atoms with E-state index in [0.29, 0.717) is 18.6 Å².